The van der Waals surface area contributed by atoms with E-state index in [1.165, 1.54) is 18.2 Å². The Morgan fingerprint density at radius 1 is 1.44 bits per heavy atom. The molecule has 0 aliphatic heterocycles. The van der Waals surface area contributed by atoms with Crippen LogP contribution in [-0.4, -0.2) is 26.4 Å². The van der Waals surface area contributed by atoms with Crippen molar-refractivity contribution >= 4 is 17.5 Å². The maximum atomic E-state index is 11.0. The fourth-order valence-electron chi connectivity index (χ4n) is 1.29. The number of phenolic OH excluding ortho intramolecular Hbond substituents is 1. The topological polar surface area (TPSA) is 105 Å². The lowest BCUT2D eigenvalue weighted by Crippen LogP contribution is -2.12. The molecule has 0 spiro atoms. The summed E-state index contributed by atoms with van der Waals surface area (Å²) in [6.07, 6.45) is 0. The van der Waals surface area contributed by atoms with E-state index in [4.69, 9.17) is 17.3 Å². The van der Waals surface area contributed by atoms with Crippen molar-refractivity contribution < 1.29 is 9.90 Å². The molecule has 2 rings (SSSR count). The number of benzene rings is 1. The Balaban J connectivity index is 2.59. The van der Waals surface area contributed by atoms with Crippen LogP contribution in [0.1, 0.15) is 10.5 Å². The lowest BCUT2D eigenvalue weighted by atomic mass is 10.1. The van der Waals surface area contributed by atoms with Gasteiger partial charge in [-0.1, -0.05) is 11.6 Å². The number of carbonyl (C=O) groups excluding carboxylic acids is 1. The van der Waals surface area contributed by atoms with Gasteiger partial charge in [-0.25, -0.2) is 0 Å². The van der Waals surface area contributed by atoms with Crippen LogP contribution in [0, 0.1) is 0 Å². The number of nitrogens with zero attached hydrogens (tertiary/aromatic N) is 2. The Morgan fingerprint density at radius 2 is 2.19 bits per heavy atom. The summed E-state index contributed by atoms with van der Waals surface area (Å²) in [6, 6.07) is 4.30. The zero-order valence-electron chi connectivity index (χ0n) is 7.94. The van der Waals surface area contributed by atoms with Crippen LogP contribution in [-0.2, 0) is 0 Å². The molecule has 4 N–H and O–H groups in total. The molecule has 7 heteroatoms. The van der Waals surface area contributed by atoms with Crippen molar-refractivity contribution in [3.05, 3.63) is 28.9 Å². The Hall–Kier alpha value is -2.08. The number of hydrogen-bond donors (Lipinski definition) is 3. The first-order valence-electron chi connectivity index (χ1n) is 4.29. The van der Waals surface area contributed by atoms with Gasteiger partial charge in [-0.05, 0) is 18.2 Å². The molecule has 0 aliphatic carbocycles. The number of aromatic hydroxyl groups is 1. The molecule has 0 aliphatic rings. The minimum absolute atomic E-state index is 0.00703. The van der Waals surface area contributed by atoms with Crippen molar-refractivity contribution in [2.45, 2.75) is 0 Å². The molecule has 0 saturated heterocycles. The summed E-state index contributed by atoms with van der Waals surface area (Å²) < 4.78 is 0. The number of rotatable bonds is 2. The molecule has 0 atom stereocenters. The van der Waals surface area contributed by atoms with Gasteiger partial charge >= 0.3 is 0 Å². The van der Waals surface area contributed by atoms with Crippen LogP contribution in [0.25, 0.3) is 11.3 Å². The van der Waals surface area contributed by atoms with Crippen molar-refractivity contribution in [3.63, 3.8) is 0 Å². The predicted octanol–water partition coefficient (Wildman–Crippen LogP) is 0.930. The van der Waals surface area contributed by atoms with E-state index in [0.717, 1.165) is 0 Å². The number of carbonyl (C=O) groups is 1. The third kappa shape index (κ3) is 1.70. The van der Waals surface area contributed by atoms with Crippen molar-refractivity contribution in [1.82, 2.24) is 15.4 Å². The number of primary amides is 1. The molecule has 0 unspecified atom stereocenters. The summed E-state index contributed by atoms with van der Waals surface area (Å²) >= 11 is 5.90. The maximum absolute atomic E-state index is 11.0. The zero-order chi connectivity index (χ0) is 11.7. The molecule has 0 saturated carbocycles. The summed E-state index contributed by atoms with van der Waals surface area (Å²) in [7, 11) is 0. The second-order valence-electron chi connectivity index (χ2n) is 3.05. The molecule has 82 valence electrons. The van der Waals surface area contributed by atoms with Gasteiger partial charge in [0.15, 0.2) is 5.69 Å². The van der Waals surface area contributed by atoms with E-state index in [-0.39, 0.29) is 22.2 Å². The molecule has 1 amide bonds. The maximum Gasteiger partial charge on any atom is 0.271 e. The molecule has 0 radical (unpaired) electrons. The van der Waals surface area contributed by atoms with Gasteiger partial charge in [-0.2, -0.15) is 15.4 Å². The SMILES string of the molecule is NC(=O)c1n[nH]nc1-c1ccc(O)cc1Cl. The summed E-state index contributed by atoms with van der Waals surface area (Å²) in [6.45, 7) is 0. The van der Waals surface area contributed by atoms with Crippen LogP contribution in [0.2, 0.25) is 5.02 Å². The number of aromatic amines is 1. The number of H-pyrrole nitrogens is 1. The lowest BCUT2D eigenvalue weighted by Gasteiger charge is -2.01. The number of hydrogen-bond acceptors (Lipinski definition) is 4. The highest BCUT2D eigenvalue weighted by atomic mass is 35.5. The molecule has 2 aromatic rings. The minimum Gasteiger partial charge on any atom is -0.508 e. The molecule has 0 fully saturated rings. The van der Waals surface area contributed by atoms with E-state index in [1.54, 1.807) is 0 Å². The van der Waals surface area contributed by atoms with E-state index >= 15 is 0 Å². The summed E-state index contributed by atoms with van der Waals surface area (Å²) in [5.74, 6) is -0.675. The number of nitrogens with two attached hydrogens (primary N) is 1. The highest BCUT2D eigenvalue weighted by molar-refractivity contribution is 6.33. The van der Waals surface area contributed by atoms with Crippen LogP contribution in [0.3, 0.4) is 0 Å². The number of aromatic nitrogens is 3. The van der Waals surface area contributed by atoms with Gasteiger partial charge in [-0.15, -0.1) is 0 Å². The standard InChI is InChI=1S/C9H7ClN4O2/c10-6-3-4(15)1-2-5(6)7-8(9(11)16)13-14-12-7/h1-3,15H,(H2,11,16)(H,12,13,14). The molecule has 0 bridgehead atoms. The fraction of sp³-hybridized carbons (Fsp3) is 0. The monoisotopic (exact) mass is 238 g/mol. The highest BCUT2D eigenvalue weighted by Crippen LogP contribution is 2.30. The number of amides is 1. The minimum atomic E-state index is -0.701. The van der Waals surface area contributed by atoms with Crippen LogP contribution >= 0.6 is 11.6 Å². The third-order valence-corrected chi connectivity index (χ3v) is 2.30. The zero-order valence-corrected chi connectivity index (χ0v) is 8.69. The number of nitrogens with one attached hydrogen (secondary N) is 1. The normalized spacial score (nSPS) is 10.3. The van der Waals surface area contributed by atoms with Crippen molar-refractivity contribution in [2.24, 2.45) is 5.73 Å². The van der Waals surface area contributed by atoms with Crippen molar-refractivity contribution in [2.75, 3.05) is 0 Å². The summed E-state index contributed by atoms with van der Waals surface area (Å²) in [4.78, 5) is 11.0. The molecule has 6 nitrogen and oxygen atoms in total. The molecular weight excluding hydrogens is 232 g/mol. The molecular formula is C9H7ClN4O2. The van der Waals surface area contributed by atoms with Crippen molar-refractivity contribution in [3.8, 4) is 17.0 Å². The lowest BCUT2D eigenvalue weighted by molar-refractivity contribution is 0.0996. The Labute approximate surface area is 95.0 Å². The summed E-state index contributed by atoms with van der Waals surface area (Å²) in [5, 5.41) is 19.2. The average Bonchev–Trinajstić information content (AvgIpc) is 2.66. The van der Waals surface area contributed by atoms with E-state index in [2.05, 4.69) is 15.4 Å². The highest BCUT2D eigenvalue weighted by Gasteiger charge is 2.17. The fourth-order valence-corrected chi connectivity index (χ4v) is 1.55. The van der Waals surface area contributed by atoms with Gasteiger partial charge in [-0.3, -0.25) is 4.79 Å². The summed E-state index contributed by atoms with van der Waals surface area (Å²) in [5.41, 5.74) is 5.87. The van der Waals surface area contributed by atoms with E-state index < -0.39 is 5.91 Å². The van der Waals surface area contributed by atoms with Gasteiger partial charge in [0, 0.05) is 5.56 Å². The Bertz CT molecular complexity index is 552. The first kappa shape index (κ1) is 10.4. The van der Waals surface area contributed by atoms with Crippen LogP contribution in [0.4, 0.5) is 0 Å². The van der Waals surface area contributed by atoms with Gasteiger partial charge in [0.25, 0.3) is 5.91 Å². The third-order valence-electron chi connectivity index (χ3n) is 1.99. The van der Waals surface area contributed by atoms with E-state index in [1.807, 2.05) is 0 Å². The van der Waals surface area contributed by atoms with Gasteiger partial charge in [0.1, 0.15) is 11.4 Å². The van der Waals surface area contributed by atoms with E-state index in [0.29, 0.717) is 5.56 Å². The van der Waals surface area contributed by atoms with E-state index in [9.17, 15) is 9.90 Å². The Morgan fingerprint density at radius 3 is 2.81 bits per heavy atom. The molecule has 1 aromatic heterocycles. The predicted molar refractivity (Wildman–Crippen MR) is 57.0 cm³/mol. The molecule has 1 heterocycles. The van der Waals surface area contributed by atoms with Gasteiger partial charge in [0.05, 0.1) is 5.02 Å². The van der Waals surface area contributed by atoms with Crippen LogP contribution < -0.4 is 5.73 Å². The quantitative estimate of drug-likeness (QED) is 0.724. The first-order chi connectivity index (χ1) is 7.59. The average molecular weight is 239 g/mol. The smallest absolute Gasteiger partial charge is 0.271 e. The van der Waals surface area contributed by atoms with Crippen LogP contribution in [0.15, 0.2) is 18.2 Å². The van der Waals surface area contributed by atoms with Crippen LogP contribution in [0.5, 0.6) is 5.75 Å². The van der Waals surface area contributed by atoms with Gasteiger partial charge in [0.2, 0.25) is 0 Å². The molecule has 16 heavy (non-hydrogen) atoms. The second kappa shape index (κ2) is 3.82. The molecule has 1 aromatic carbocycles. The second-order valence-corrected chi connectivity index (χ2v) is 3.46. The van der Waals surface area contributed by atoms with Crippen molar-refractivity contribution in [1.29, 1.82) is 0 Å². The number of halogens is 1. The Kier molecular flexibility index (Phi) is 2.49. The largest absolute Gasteiger partial charge is 0.508 e. The first-order valence-corrected chi connectivity index (χ1v) is 4.67. The number of phenols is 1. The van der Waals surface area contributed by atoms with Gasteiger partial charge < -0.3 is 10.8 Å².